The summed E-state index contributed by atoms with van der Waals surface area (Å²) in [5, 5.41) is 0. The Hall–Kier alpha value is -1.08. The van der Waals surface area contributed by atoms with E-state index < -0.39 is 0 Å². The molecular weight excluding hydrogens is 218 g/mol. The third-order valence-corrected chi connectivity index (χ3v) is 4.85. The van der Waals surface area contributed by atoms with Gasteiger partial charge in [-0.15, -0.1) is 0 Å². The van der Waals surface area contributed by atoms with Crippen molar-refractivity contribution in [2.45, 2.75) is 32.6 Å². The monoisotopic (exact) mass is 241 g/mol. The lowest BCUT2D eigenvalue weighted by molar-refractivity contribution is 0.123. The Bertz CT molecular complexity index is 478. The van der Waals surface area contributed by atoms with Crippen molar-refractivity contribution in [2.75, 3.05) is 20.1 Å². The zero-order valence-electron chi connectivity index (χ0n) is 11.6. The van der Waals surface area contributed by atoms with Crippen LogP contribution < -0.4 is 0 Å². The largest absolute Gasteiger partial charge is 0.306 e. The molecule has 1 aromatic rings. The molecule has 1 heteroatoms. The van der Waals surface area contributed by atoms with Gasteiger partial charge in [-0.25, -0.2) is 0 Å². The van der Waals surface area contributed by atoms with E-state index in [1.54, 1.807) is 0 Å². The molecule has 1 fully saturated rings. The molecule has 1 nitrogen and oxygen atoms in total. The Morgan fingerprint density at radius 1 is 1.17 bits per heavy atom. The molecule has 0 saturated carbocycles. The lowest BCUT2D eigenvalue weighted by atomic mass is 9.65. The number of hydrogen-bond donors (Lipinski definition) is 0. The Morgan fingerprint density at radius 2 is 1.89 bits per heavy atom. The van der Waals surface area contributed by atoms with Crippen LogP contribution in [0.2, 0.25) is 0 Å². The minimum Gasteiger partial charge on any atom is -0.306 e. The molecule has 0 aromatic heterocycles. The first-order valence-corrected chi connectivity index (χ1v) is 7.04. The number of likely N-dealkylation sites (tertiary alicyclic amines) is 1. The third-order valence-electron chi connectivity index (χ3n) is 4.85. The zero-order chi connectivity index (χ0) is 12.8. The summed E-state index contributed by atoms with van der Waals surface area (Å²) in [6.45, 7) is 9.01. The highest BCUT2D eigenvalue weighted by Gasteiger charge is 2.37. The van der Waals surface area contributed by atoms with Crippen molar-refractivity contribution in [1.29, 1.82) is 0 Å². The standard InChI is InChI=1S/C17H23N/c1-13-4-5-15-12-17(6-8-18(3)9-7-17)11-14(2)16(15)10-13/h4-5,10H,2,6-9,11-12H2,1,3H3. The molecule has 0 amide bonds. The fourth-order valence-electron chi connectivity index (χ4n) is 3.63. The van der Waals surface area contributed by atoms with Crippen LogP contribution in [0.3, 0.4) is 0 Å². The lowest BCUT2D eigenvalue weighted by Crippen LogP contribution is -2.40. The summed E-state index contributed by atoms with van der Waals surface area (Å²) in [6.07, 6.45) is 5.12. The van der Waals surface area contributed by atoms with Gasteiger partial charge in [0.05, 0.1) is 0 Å². The molecule has 1 saturated heterocycles. The van der Waals surface area contributed by atoms with Gasteiger partial charge in [-0.05, 0) is 74.9 Å². The summed E-state index contributed by atoms with van der Waals surface area (Å²) in [5.74, 6) is 0. The first-order chi connectivity index (χ1) is 8.58. The Balaban J connectivity index is 1.92. The number of allylic oxidation sites excluding steroid dienone is 1. The Morgan fingerprint density at radius 3 is 2.61 bits per heavy atom. The van der Waals surface area contributed by atoms with Crippen LogP contribution in [0.5, 0.6) is 0 Å². The molecule has 1 aliphatic carbocycles. The van der Waals surface area contributed by atoms with Gasteiger partial charge in [-0.1, -0.05) is 30.3 Å². The molecule has 1 aromatic carbocycles. The molecule has 2 aliphatic rings. The predicted octanol–water partition coefficient (Wildman–Crippen LogP) is 3.67. The SMILES string of the molecule is C=C1CC2(CCN(C)CC2)Cc2ccc(C)cc21. The van der Waals surface area contributed by atoms with Gasteiger partial charge < -0.3 is 4.90 Å². The highest BCUT2D eigenvalue weighted by molar-refractivity contribution is 5.69. The average molecular weight is 241 g/mol. The van der Waals surface area contributed by atoms with Gasteiger partial charge in [-0.2, -0.15) is 0 Å². The van der Waals surface area contributed by atoms with Gasteiger partial charge in [0.25, 0.3) is 0 Å². The number of nitrogens with zero attached hydrogens (tertiary/aromatic N) is 1. The van der Waals surface area contributed by atoms with Crippen LogP contribution in [-0.4, -0.2) is 25.0 Å². The highest BCUT2D eigenvalue weighted by Crippen LogP contribution is 2.47. The maximum atomic E-state index is 4.35. The van der Waals surface area contributed by atoms with Crippen molar-refractivity contribution in [1.82, 2.24) is 4.90 Å². The van der Waals surface area contributed by atoms with E-state index in [0.717, 1.165) is 0 Å². The second-order valence-corrected chi connectivity index (χ2v) is 6.42. The molecule has 0 radical (unpaired) electrons. The van der Waals surface area contributed by atoms with Crippen molar-refractivity contribution in [3.63, 3.8) is 0 Å². The molecule has 1 aliphatic heterocycles. The van der Waals surface area contributed by atoms with Crippen LogP contribution >= 0.6 is 0 Å². The summed E-state index contributed by atoms with van der Waals surface area (Å²) < 4.78 is 0. The van der Waals surface area contributed by atoms with Crippen molar-refractivity contribution in [2.24, 2.45) is 5.41 Å². The molecule has 0 unspecified atom stereocenters. The third kappa shape index (κ3) is 2.01. The molecule has 0 atom stereocenters. The van der Waals surface area contributed by atoms with Crippen LogP contribution in [0.25, 0.3) is 5.57 Å². The molecule has 0 bridgehead atoms. The van der Waals surface area contributed by atoms with Crippen LogP contribution in [0.4, 0.5) is 0 Å². The molecule has 3 rings (SSSR count). The summed E-state index contributed by atoms with van der Waals surface area (Å²) in [6, 6.07) is 6.90. The minimum absolute atomic E-state index is 0.506. The second-order valence-electron chi connectivity index (χ2n) is 6.42. The number of rotatable bonds is 0. The predicted molar refractivity (Wildman–Crippen MR) is 77.7 cm³/mol. The van der Waals surface area contributed by atoms with E-state index in [1.165, 1.54) is 61.0 Å². The van der Waals surface area contributed by atoms with E-state index >= 15 is 0 Å². The van der Waals surface area contributed by atoms with Gasteiger partial charge in [0, 0.05) is 0 Å². The fourth-order valence-corrected chi connectivity index (χ4v) is 3.63. The Labute approximate surface area is 111 Å². The number of piperidine rings is 1. The van der Waals surface area contributed by atoms with E-state index in [1.807, 2.05) is 0 Å². The summed E-state index contributed by atoms with van der Waals surface area (Å²) in [5.41, 5.74) is 6.19. The van der Waals surface area contributed by atoms with Gasteiger partial charge in [0.2, 0.25) is 0 Å². The quantitative estimate of drug-likeness (QED) is 0.670. The number of benzene rings is 1. The van der Waals surface area contributed by atoms with Crippen LogP contribution in [0.15, 0.2) is 24.8 Å². The first-order valence-electron chi connectivity index (χ1n) is 7.04. The molecule has 96 valence electrons. The molecule has 1 spiro atoms. The maximum absolute atomic E-state index is 4.35. The van der Waals surface area contributed by atoms with Crippen LogP contribution in [0, 0.1) is 12.3 Å². The highest BCUT2D eigenvalue weighted by atomic mass is 15.1. The van der Waals surface area contributed by atoms with E-state index in [4.69, 9.17) is 0 Å². The molecule has 0 N–H and O–H groups in total. The van der Waals surface area contributed by atoms with Crippen molar-refractivity contribution < 1.29 is 0 Å². The minimum atomic E-state index is 0.506. The Kier molecular flexibility index (Phi) is 2.82. The van der Waals surface area contributed by atoms with Crippen LogP contribution in [0.1, 0.15) is 36.0 Å². The van der Waals surface area contributed by atoms with Gasteiger partial charge >= 0.3 is 0 Å². The molecule has 18 heavy (non-hydrogen) atoms. The normalized spacial score (nSPS) is 23.1. The molecular formula is C17H23N. The van der Waals surface area contributed by atoms with E-state index in [9.17, 15) is 0 Å². The lowest BCUT2D eigenvalue weighted by Gasteiger charge is -2.44. The van der Waals surface area contributed by atoms with E-state index in [-0.39, 0.29) is 0 Å². The second kappa shape index (κ2) is 4.24. The summed E-state index contributed by atoms with van der Waals surface area (Å²) in [4.78, 5) is 2.46. The summed E-state index contributed by atoms with van der Waals surface area (Å²) in [7, 11) is 2.24. The van der Waals surface area contributed by atoms with Gasteiger partial charge in [-0.3, -0.25) is 0 Å². The smallest absolute Gasteiger partial charge is 0.00163 e. The van der Waals surface area contributed by atoms with Crippen molar-refractivity contribution in [3.8, 4) is 0 Å². The number of aryl methyl sites for hydroxylation is 1. The average Bonchev–Trinajstić information content (AvgIpc) is 2.35. The maximum Gasteiger partial charge on any atom is -0.00163 e. The zero-order valence-corrected chi connectivity index (χ0v) is 11.6. The van der Waals surface area contributed by atoms with Crippen molar-refractivity contribution >= 4 is 5.57 Å². The van der Waals surface area contributed by atoms with Gasteiger partial charge in [0.1, 0.15) is 0 Å². The van der Waals surface area contributed by atoms with Crippen molar-refractivity contribution in [3.05, 3.63) is 41.5 Å². The fraction of sp³-hybridized carbons (Fsp3) is 0.529. The first kappa shape index (κ1) is 12.0. The van der Waals surface area contributed by atoms with Crippen LogP contribution in [-0.2, 0) is 6.42 Å². The number of hydrogen-bond acceptors (Lipinski definition) is 1. The number of fused-ring (bicyclic) bond motifs is 1. The summed E-state index contributed by atoms with van der Waals surface area (Å²) >= 11 is 0. The van der Waals surface area contributed by atoms with E-state index in [2.05, 4.69) is 43.6 Å². The topological polar surface area (TPSA) is 3.24 Å². The molecule has 1 heterocycles. The van der Waals surface area contributed by atoms with E-state index in [0.29, 0.717) is 5.41 Å². The van der Waals surface area contributed by atoms with Gasteiger partial charge in [0.15, 0.2) is 0 Å².